The Balaban J connectivity index is 1.87. The van der Waals surface area contributed by atoms with Crippen LogP contribution in [-0.2, 0) is 11.2 Å². The predicted molar refractivity (Wildman–Crippen MR) is 77.0 cm³/mol. The van der Waals surface area contributed by atoms with Gasteiger partial charge in [-0.1, -0.05) is 25.5 Å². The van der Waals surface area contributed by atoms with E-state index in [2.05, 4.69) is 19.6 Å². The van der Waals surface area contributed by atoms with Crippen LogP contribution in [0.5, 0.6) is 0 Å². The summed E-state index contributed by atoms with van der Waals surface area (Å²) >= 11 is 4.25. The second-order valence-electron chi connectivity index (χ2n) is 5.13. The third-order valence-corrected chi connectivity index (χ3v) is 3.93. The van der Waals surface area contributed by atoms with Crippen LogP contribution in [0.15, 0.2) is 29.2 Å². The molecule has 2 nitrogen and oxygen atoms in total. The lowest BCUT2D eigenvalue weighted by atomic mass is 10.0. The number of nitrogens with zero attached hydrogens (tertiary/aromatic N) is 1. The summed E-state index contributed by atoms with van der Waals surface area (Å²) in [5, 5.41) is 0. The molecule has 1 aliphatic heterocycles. The molecule has 3 heteroatoms. The van der Waals surface area contributed by atoms with Crippen molar-refractivity contribution in [3.63, 3.8) is 0 Å². The van der Waals surface area contributed by atoms with Crippen LogP contribution in [0, 0.1) is 5.92 Å². The van der Waals surface area contributed by atoms with Crippen molar-refractivity contribution < 1.29 is 4.79 Å². The SMILES string of the molecule is CCCC1CCN(C(=O)Cc2ccc(S)cc2)C1. The Kier molecular flexibility index (Phi) is 4.70. The number of thiol groups is 1. The van der Waals surface area contributed by atoms with Gasteiger partial charge in [0.05, 0.1) is 6.42 Å². The Morgan fingerprint density at radius 2 is 2.11 bits per heavy atom. The zero-order chi connectivity index (χ0) is 13.0. The highest BCUT2D eigenvalue weighted by Crippen LogP contribution is 2.21. The van der Waals surface area contributed by atoms with Gasteiger partial charge in [0.1, 0.15) is 0 Å². The zero-order valence-corrected chi connectivity index (χ0v) is 11.8. The van der Waals surface area contributed by atoms with Crippen molar-refractivity contribution in [2.75, 3.05) is 13.1 Å². The topological polar surface area (TPSA) is 20.3 Å². The summed E-state index contributed by atoms with van der Waals surface area (Å²) in [6.07, 6.45) is 4.16. The number of likely N-dealkylation sites (tertiary alicyclic amines) is 1. The molecule has 1 heterocycles. The summed E-state index contributed by atoms with van der Waals surface area (Å²) in [7, 11) is 0. The minimum atomic E-state index is 0.264. The van der Waals surface area contributed by atoms with E-state index in [0.717, 1.165) is 29.5 Å². The maximum absolute atomic E-state index is 12.2. The monoisotopic (exact) mass is 263 g/mol. The molecule has 98 valence electrons. The minimum absolute atomic E-state index is 0.264. The normalized spacial score (nSPS) is 19.2. The maximum Gasteiger partial charge on any atom is 0.226 e. The average Bonchev–Trinajstić information content (AvgIpc) is 2.81. The van der Waals surface area contributed by atoms with Gasteiger partial charge in [-0.05, 0) is 36.5 Å². The van der Waals surface area contributed by atoms with Gasteiger partial charge in [-0.15, -0.1) is 12.6 Å². The molecule has 1 amide bonds. The maximum atomic E-state index is 12.2. The van der Waals surface area contributed by atoms with Crippen molar-refractivity contribution in [2.45, 2.75) is 37.5 Å². The lowest BCUT2D eigenvalue weighted by molar-refractivity contribution is -0.129. The average molecular weight is 263 g/mol. The smallest absolute Gasteiger partial charge is 0.226 e. The number of rotatable bonds is 4. The molecule has 0 aliphatic carbocycles. The first-order valence-electron chi connectivity index (χ1n) is 6.74. The lowest BCUT2D eigenvalue weighted by Gasteiger charge is -2.16. The summed E-state index contributed by atoms with van der Waals surface area (Å²) in [6, 6.07) is 7.85. The Morgan fingerprint density at radius 1 is 1.39 bits per heavy atom. The van der Waals surface area contributed by atoms with Crippen LogP contribution in [0.2, 0.25) is 0 Å². The van der Waals surface area contributed by atoms with Crippen molar-refractivity contribution in [3.05, 3.63) is 29.8 Å². The Bertz CT molecular complexity index is 401. The third-order valence-electron chi connectivity index (χ3n) is 3.63. The van der Waals surface area contributed by atoms with Crippen molar-refractivity contribution in [3.8, 4) is 0 Å². The van der Waals surface area contributed by atoms with E-state index in [4.69, 9.17) is 0 Å². The molecule has 1 atom stereocenters. The highest BCUT2D eigenvalue weighted by atomic mass is 32.1. The van der Waals surface area contributed by atoms with E-state index in [1.165, 1.54) is 19.3 Å². The molecule has 0 spiro atoms. The van der Waals surface area contributed by atoms with E-state index in [0.29, 0.717) is 6.42 Å². The number of hydrogen-bond donors (Lipinski definition) is 1. The van der Waals surface area contributed by atoms with Gasteiger partial charge >= 0.3 is 0 Å². The first kappa shape index (κ1) is 13.5. The van der Waals surface area contributed by atoms with Gasteiger partial charge < -0.3 is 4.90 Å². The molecule has 1 saturated heterocycles. The molecule has 1 aromatic rings. The van der Waals surface area contributed by atoms with E-state index in [1.807, 2.05) is 29.2 Å². The Hall–Kier alpha value is -0.960. The van der Waals surface area contributed by atoms with Gasteiger partial charge in [-0.2, -0.15) is 0 Å². The number of carbonyl (C=O) groups is 1. The van der Waals surface area contributed by atoms with Crippen molar-refractivity contribution >= 4 is 18.5 Å². The summed E-state index contributed by atoms with van der Waals surface area (Å²) in [6.45, 7) is 4.11. The van der Waals surface area contributed by atoms with E-state index in [9.17, 15) is 4.79 Å². The predicted octanol–water partition coefficient (Wildman–Crippen LogP) is 3.17. The van der Waals surface area contributed by atoms with Crippen LogP contribution in [0.1, 0.15) is 31.7 Å². The molecule has 0 saturated carbocycles. The van der Waals surface area contributed by atoms with Crippen LogP contribution in [0.4, 0.5) is 0 Å². The van der Waals surface area contributed by atoms with E-state index in [1.54, 1.807) is 0 Å². The fourth-order valence-electron chi connectivity index (χ4n) is 2.60. The van der Waals surface area contributed by atoms with Crippen LogP contribution in [-0.4, -0.2) is 23.9 Å². The molecular formula is C15H21NOS. The third kappa shape index (κ3) is 3.52. The van der Waals surface area contributed by atoms with Gasteiger partial charge in [0.25, 0.3) is 0 Å². The second kappa shape index (κ2) is 6.28. The molecule has 0 bridgehead atoms. The first-order valence-corrected chi connectivity index (χ1v) is 7.19. The fraction of sp³-hybridized carbons (Fsp3) is 0.533. The Morgan fingerprint density at radius 3 is 2.78 bits per heavy atom. The summed E-state index contributed by atoms with van der Waals surface area (Å²) in [5.41, 5.74) is 1.08. The molecule has 18 heavy (non-hydrogen) atoms. The van der Waals surface area contributed by atoms with Crippen LogP contribution in [0.25, 0.3) is 0 Å². The summed E-state index contributed by atoms with van der Waals surface area (Å²) in [5.74, 6) is 0.985. The van der Waals surface area contributed by atoms with Gasteiger partial charge in [0, 0.05) is 18.0 Å². The number of hydrogen-bond acceptors (Lipinski definition) is 2. The molecule has 0 N–H and O–H groups in total. The zero-order valence-electron chi connectivity index (χ0n) is 10.9. The van der Waals surface area contributed by atoms with E-state index >= 15 is 0 Å². The molecule has 1 unspecified atom stereocenters. The highest BCUT2D eigenvalue weighted by molar-refractivity contribution is 7.80. The molecule has 1 fully saturated rings. The molecule has 2 rings (SSSR count). The number of carbonyl (C=O) groups excluding carboxylic acids is 1. The van der Waals surface area contributed by atoms with Crippen LogP contribution < -0.4 is 0 Å². The van der Waals surface area contributed by atoms with Gasteiger partial charge in [0.15, 0.2) is 0 Å². The molecule has 1 aromatic carbocycles. The van der Waals surface area contributed by atoms with Crippen molar-refractivity contribution in [1.82, 2.24) is 4.90 Å². The summed E-state index contributed by atoms with van der Waals surface area (Å²) in [4.78, 5) is 15.1. The molecule has 0 aromatic heterocycles. The standard InChI is InChI=1S/C15H21NOS/c1-2-3-13-8-9-16(11-13)15(17)10-12-4-6-14(18)7-5-12/h4-7,13,18H,2-3,8-11H2,1H3. The first-order chi connectivity index (χ1) is 8.69. The van der Waals surface area contributed by atoms with E-state index in [-0.39, 0.29) is 5.91 Å². The summed E-state index contributed by atoms with van der Waals surface area (Å²) < 4.78 is 0. The molecular weight excluding hydrogens is 242 g/mol. The van der Waals surface area contributed by atoms with Crippen molar-refractivity contribution in [1.29, 1.82) is 0 Å². The molecule has 0 radical (unpaired) electrons. The minimum Gasteiger partial charge on any atom is -0.342 e. The molecule has 1 aliphatic rings. The lowest BCUT2D eigenvalue weighted by Crippen LogP contribution is -2.30. The highest BCUT2D eigenvalue weighted by Gasteiger charge is 2.25. The quantitative estimate of drug-likeness (QED) is 0.827. The number of amides is 1. The number of benzene rings is 1. The van der Waals surface area contributed by atoms with Gasteiger partial charge in [-0.3, -0.25) is 4.79 Å². The van der Waals surface area contributed by atoms with Crippen LogP contribution >= 0.6 is 12.6 Å². The van der Waals surface area contributed by atoms with Crippen LogP contribution in [0.3, 0.4) is 0 Å². The fourth-order valence-corrected chi connectivity index (χ4v) is 2.75. The second-order valence-corrected chi connectivity index (χ2v) is 5.64. The largest absolute Gasteiger partial charge is 0.342 e. The van der Waals surface area contributed by atoms with Crippen molar-refractivity contribution in [2.24, 2.45) is 5.92 Å². The Labute approximate surface area is 115 Å². The van der Waals surface area contributed by atoms with Gasteiger partial charge in [-0.25, -0.2) is 0 Å². The van der Waals surface area contributed by atoms with Gasteiger partial charge in [0.2, 0.25) is 5.91 Å². The van der Waals surface area contributed by atoms with E-state index < -0.39 is 0 Å².